The standard InChI is InChI=1S/C21H17N3O4S/c25-18-11-15(28-12-19(18)26)13-29-21-23-17-7-2-1-6-16(17)20(27)24(21)10-8-14-5-3-4-9-22-14/h1-7,9,11-12,26H,8,10,13H2. The van der Waals surface area contributed by atoms with Crippen LogP contribution < -0.4 is 11.0 Å². The summed E-state index contributed by atoms with van der Waals surface area (Å²) in [5, 5.41) is 10.4. The molecule has 146 valence electrons. The Hall–Kier alpha value is -3.39. The van der Waals surface area contributed by atoms with Gasteiger partial charge in [0.2, 0.25) is 5.43 Å². The van der Waals surface area contributed by atoms with Crippen LogP contribution in [0.2, 0.25) is 0 Å². The van der Waals surface area contributed by atoms with Gasteiger partial charge in [-0.15, -0.1) is 0 Å². The van der Waals surface area contributed by atoms with Gasteiger partial charge >= 0.3 is 0 Å². The lowest BCUT2D eigenvalue weighted by atomic mass is 10.2. The predicted octanol–water partition coefficient (Wildman–Crippen LogP) is 2.99. The van der Waals surface area contributed by atoms with E-state index in [0.29, 0.717) is 40.5 Å². The number of nitrogens with zero attached hydrogens (tertiary/aromatic N) is 3. The van der Waals surface area contributed by atoms with Crippen LogP contribution in [0.25, 0.3) is 10.9 Å². The summed E-state index contributed by atoms with van der Waals surface area (Å²) in [4.78, 5) is 33.6. The fourth-order valence-corrected chi connectivity index (χ4v) is 3.80. The largest absolute Gasteiger partial charge is 0.502 e. The molecule has 0 spiro atoms. The Morgan fingerprint density at radius 1 is 1.10 bits per heavy atom. The Morgan fingerprint density at radius 2 is 1.93 bits per heavy atom. The lowest BCUT2D eigenvalue weighted by Crippen LogP contribution is -2.24. The molecular weight excluding hydrogens is 390 g/mol. The van der Waals surface area contributed by atoms with Gasteiger partial charge in [-0.1, -0.05) is 30.0 Å². The van der Waals surface area contributed by atoms with Crippen LogP contribution in [0.15, 0.2) is 80.2 Å². The van der Waals surface area contributed by atoms with E-state index in [9.17, 15) is 14.7 Å². The molecule has 0 aliphatic carbocycles. The Bertz CT molecular complexity index is 1270. The van der Waals surface area contributed by atoms with Gasteiger partial charge < -0.3 is 9.52 Å². The predicted molar refractivity (Wildman–Crippen MR) is 110 cm³/mol. The molecule has 1 aromatic carbocycles. The SMILES string of the molecule is O=c1cc(CSc2nc3ccccc3c(=O)n2CCc2ccccn2)occ1O. The molecule has 0 aliphatic rings. The monoisotopic (exact) mass is 407 g/mol. The highest BCUT2D eigenvalue weighted by molar-refractivity contribution is 7.98. The molecule has 0 saturated carbocycles. The van der Waals surface area contributed by atoms with Gasteiger partial charge in [0.25, 0.3) is 5.56 Å². The molecular formula is C21H17N3O4S. The van der Waals surface area contributed by atoms with Crippen molar-refractivity contribution in [2.24, 2.45) is 0 Å². The van der Waals surface area contributed by atoms with Crippen LogP contribution in [0.4, 0.5) is 0 Å². The van der Waals surface area contributed by atoms with Crippen LogP contribution in [-0.2, 0) is 18.7 Å². The van der Waals surface area contributed by atoms with E-state index in [4.69, 9.17) is 4.42 Å². The van der Waals surface area contributed by atoms with Crippen LogP contribution in [0.5, 0.6) is 5.75 Å². The van der Waals surface area contributed by atoms with Crippen molar-refractivity contribution in [1.29, 1.82) is 0 Å². The summed E-state index contributed by atoms with van der Waals surface area (Å²) in [7, 11) is 0. The van der Waals surface area contributed by atoms with Crippen LogP contribution in [0.1, 0.15) is 11.5 Å². The first kappa shape index (κ1) is 18.9. The van der Waals surface area contributed by atoms with Gasteiger partial charge in [0.05, 0.1) is 16.7 Å². The second-order valence-electron chi connectivity index (χ2n) is 6.32. The number of aromatic nitrogens is 3. The van der Waals surface area contributed by atoms with Crippen molar-refractivity contribution in [1.82, 2.24) is 14.5 Å². The van der Waals surface area contributed by atoms with E-state index in [0.717, 1.165) is 12.0 Å². The quantitative estimate of drug-likeness (QED) is 0.387. The van der Waals surface area contributed by atoms with E-state index in [1.165, 1.54) is 17.8 Å². The average molecular weight is 407 g/mol. The Kier molecular flexibility index (Phi) is 5.44. The molecule has 8 heteroatoms. The van der Waals surface area contributed by atoms with Crippen LogP contribution >= 0.6 is 11.8 Å². The summed E-state index contributed by atoms with van der Waals surface area (Å²) in [6, 6.07) is 14.1. The molecule has 4 rings (SSSR count). The zero-order chi connectivity index (χ0) is 20.2. The molecule has 0 amide bonds. The van der Waals surface area contributed by atoms with E-state index in [1.54, 1.807) is 22.9 Å². The van der Waals surface area contributed by atoms with Gasteiger partial charge in [-0.2, -0.15) is 0 Å². The molecule has 3 heterocycles. The number of aromatic hydroxyl groups is 1. The number of benzene rings is 1. The Morgan fingerprint density at radius 3 is 2.72 bits per heavy atom. The maximum absolute atomic E-state index is 13.1. The number of hydrogen-bond acceptors (Lipinski definition) is 7. The van der Waals surface area contributed by atoms with Gasteiger partial charge in [-0.05, 0) is 24.3 Å². The number of para-hydroxylation sites is 1. The topological polar surface area (TPSA) is 98.2 Å². The smallest absolute Gasteiger partial charge is 0.262 e. The van der Waals surface area contributed by atoms with E-state index < -0.39 is 11.2 Å². The van der Waals surface area contributed by atoms with Crippen molar-refractivity contribution in [2.75, 3.05) is 0 Å². The third kappa shape index (κ3) is 4.22. The van der Waals surface area contributed by atoms with Gasteiger partial charge in [0, 0.05) is 30.9 Å². The maximum Gasteiger partial charge on any atom is 0.262 e. The molecule has 0 saturated heterocycles. The first-order chi connectivity index (χ1) is 14.1. The number of fused-ring (bicyclic) bond motifs is 1. The van der Waals surface area contributed by atoms with Crippen molar-refractivity contribution in [2.45, 2.75) is 23.9 Å². The molecule has 0 unspecified atom stereocenters. The first-order valence-corrected chi connectivity index (χ1v) is 9.93. The van der Waals surface area contributed by atoms with E-state index in [2.05, 4.69) is 9.97 Å². The minimum Gasteiger partial charge on any atom is -0.502 e. The minimum atomic E-state index is -0.508. The lowest BCUT2D eigenvalue weighted by Gasteiger charge is -2.13. The normalized spacial score (nSPS) is 11.0. The average Bonchev–Trinajstić information content (AvgIpc) is 2.75. The van der Waals surface area contributed by atoms with Gasteiger partial charge in [0.15, 0.2) is 10.9 Å². The molecule has 1 N–H and O–H groups in total. The zero-order valence-corrected chi connectivity index (χ0v) is 16.1. The van der Waals surface area contributed by atoms with Gasteiger partial charge in [-0.25, -0.2) is 4.98 Å². The van der Waals surface area contributed by atoms with Crippen LogP contribution in [0.3, 0.4) is 0 Å². The van der Waals surface area contributed by atoms with Gasteiger partial charge in [-0.3, -0.25) is 19.1 Å². The molecule has 0 aliphatic heterocycles. The van der Waals surface area contributed by atoms with Crippen LogP contribution in [-0.4, -0.2) is 19.6 Å². The van der Waals surface area contributed by atoms with Gasteiger partial charge in [0.1, 0.15) is 12.0 Å². The zero-order valence-electron chi connectivity index (χ0n) is 15.3. The summed E-state index contributed by atoms with van der Waals surface area (Å²) in [5.74, 6) is 0.246. The molecule has 3 aromatic heterocycles. The summed E-state index contributed by atoms with van der Waals surface area (Å²) >= 11 is 1.30. The lowest BCUT2D eigenvalue weighted by molar-refractivity contribution is 0.419. The second-order valence-corrected chi connectivity index (χ2v) is 7.27. The van der Waals surface area contributed by atoms with Crippen molar-refractivity contribution < 1.29 is 9.52 Å². The summed E-state index contributed by atoms with van der Waals surface area (Å²) in [6.45, 7) is 0.426. The Labute approximate surface area is 169 Å². The molecule has 0 radical (unpaired) electrons. The number of hydrogen-bond donors (Lipinski definition) is 1. The molecule has 4 aromatic rings. The molecule has 0 fully saturated rings. The number of aryl methyl sites for hydroxylation is 1. The van der Waals surface area contributed by atoms with E-state index in [1.807, 2.05) is 30.3 Å². The molecule has 0 atom stereocenters. The van der Waals surface area contributed by atoms with Crippen molar-refractivity contribution >= 4 is 22.7 Å². The highest BCUT2D eigenvalue weighted by Gasteiger charge is 2.13. The summed E-state index contributed by atoms with van der Waals surface area (Å²) in [6.07, 6.45) is 3.32. The van der Waals surface area contributed by atoms with Crippen molar-refractivity contribution in [3.8, 4) is 5.75 Å². The third-order valence-electron chi connectivity index (χ3n) is 4.35. The first-order valence-electron chi connectivity index (χ1n) is 8.95. The number of thioether (sulfide) groups is 1. The third-order valence-corrected chi connectivity index (χ3v) is 5.35. The molecule has 0 bridgehead atoms. The number of pyridine rings is 1. The fourth-order valence-electron chi connectivity index (χ4n) is 2.88. The highest BCUT2D eigenvalue weighted by Crippen LogP contribution is 2.22. The van der Waals surface area contributed by atoms with E-state index in [-0.39, 0.29) is 5.56 Å². The maximum atomic E-state index is 13.1. The highest BCUT2D eigenvalue weighted by atomic mass is 32.2. The van der Waals surface area contributed by atoms with Crippen molar-refractivity contribution in [3.05, 3.63) is 93.0 Å². The summed E-state index contributed by atoms with van der Waals surface area (Å²) in [5.41, 5.74) is 0.862. The molecule has 7 nitrogen and oxygen atoms in total. The van der Waals surface area contributed by atoms with E-state index >= 15 is 0 Å². The fraction of sp³-hybridized carbons (Fsp3) is 0.143. The number of rotatable bonds is 6. The summed E-state index contributed by atoms with van der Waals surface area (Å²) < 4.78 is 6.88. The second kappa shape index (κ2) is 8.32. The van der Waals surface area contributed by atoms with Crippen molar-refractivity contribution in [3.63, 3.8) is 0 Å². The minimum absolute atomic E-state index is 0.124. The van der Waals surface area contributed by atoms with Crippen LogP contribution in [0, 0.1) is 0 Å². The molecule has 29 heavy (non-hydrogen) atoms. The Balaban J connectivity index is 1.67.